The van der Waals surface area contributed by atoms with Crippen LogP contribution in [0.25, 0.3) is 0 Å². The largest absolute Gasteiger partial charge is 0.493 e. The van der Waals surface area contributed by atoms with Crippen LogP contribution in [0.2, 0.25) is 0 Å². The quantitative estimate of drug-likeness (QED) is 0.586. The van der Waals surface area contributed by atoms with Gasteiger partial charge in [0.15, 0.2) is 23.0 Å². The highest BCUT2D eigenvalue weighted by Gasteiger charge is 2.63. The van der Waals surface area contributed by atoms with Crippen LogP contribution < -0.4 is 28.4 Å². The Balaban J connectivity index is 1.89. The minimum Gasteiger partial charge on any atom is -0.493 e. The highest BCUT2D eigenvalue weighted by Crippen LogP contribution is 2.69. The van der Waals surface area contributed by atoms with Gasteiger partial charge >= 0.3 is 0 Å². The maximum Gasteiger partial charge on any atom is 0.165 e. The van der Waals surface area contributed by atoms with Crippen molar-refractivity contribution < 1.29 is 33.2 Å². The van der Waals surface area contributed by atoms with Crippen molar-refractivity contribution in [3.05, 3.63) is 34.9 Å². The summed E-state index contributed by atoms with van der Waals surface area (Å²) < 4.78 is 36.2. The number of hydrogen-bond donors (Lipinski definition) is 0. The van der Waals surface area contributed by atoms with E-state index in [9.17, 15) is 4.79 Å². The van der Waals surface area contributed by atoms with Crippen molar-refractivity contribution in [1.29, 1.82) is 0 Å². The summed E-state index contributed by atoms with van der Waals surface area (Å²) >= 11 is 0. The fourth-order valence-electron chi connectivity index (χ4n) is 6.95. The lowest BCUT2D eigenvalue weighted by atomic mass is 9.63. The molecule has 2 aromatic rings. The third-order valence-corrected chi connectivity index (χ3v) is 8.05. The van der Waals surface area contributed by atoms with Crippen LogP contribution in [0.4, 0.5) is 0 Å². The first-order chi connectivity index (χ1) is 16.5. The number of carbonyl (C=O) groups is 1. The molecule has 0 saturated heterocycles. The molecule has 7 heteroatoms. The molecule has 1 aliphatic carbocycles. The monoisotopic (exact) mass is 482 g/mol. The second-order valence-electron chi connectivity index (χ2n) is 10.7. The maximum atomic E-state index is 13.2. The van der Waals surface area contributed by atoms with Crippen LogP contribution in [0.3, 0.4) is 0 Å². The van der Waals surface area contributed by atoms with Crippen LogP contribution >= 0.6 is 0 Å². The van der Waals surface area contributed by atoms with Gasteiger partial charge in [0.1, 0.15) is 28.5 Å². The molecular formula is C28H34O7. The number of hydrogen-bond acceptors (Lipinski definition) is 7. The minimum absolute atomic E-state index is 0.0556. The van der Waals surface area contributed by atoms with E-state index in [1.165, 1.54) is 0 Å². The molecule has 0 bridgehead atoms. The van der Waals surface area contributed by atoms with Crippen LogP contribution in [0.1, 0.15) is 63.1 Å². The van der Waals surface area contributed by atoms with Gasteiger partial charge < -0.3 is 28.4 Å². The third kappa shape index (κ3) is 3.13. The maximum absolute atomic E-state index is 13.2. The molecule has 5 rings (SSSR count). The molecule has 35 heavy (non-hydrogen) atoms. The zero-order chi connectivity index (χ0) is 25.4. The standard InChI is InChI=1S/C28H34O7/c1-13(29)24-23-21-18(35-27(24,2)3)12-19(32-8)26(33-9)22(21)20-14-10-16(30-6)17(31-7)11-15(14)34-28(4,5)25(20)23/h10-12,20,23-25H,1-9H3/t20-,23+,24-,25-/m0/s1. The summed E-state index contributed by atoms with van der Waals surface area (Å²) in [5, 5.41) is 0. The molecule has 3 aliphatic rings. The van der Waals surface area contributed by atoms with E-state index in [-0.39, 0.29) is 29.5 Å². The molecule has 0 saturated carbocycles. The predicted octanol–water partition coefficient (Wildman–Crippen LogP) is 5.11. The number of fused-ring (bicyclic) bond motifs is 5. The van der Waals surface area contributed by atoms with Gasteiger partial charge in [0.25, 0.3) is 0 Å². The molecule has 0 unspecified atom stereocenters. The van der Waals surface area contributed by atoms with Gasteiger partial charge in [0.2, 0.25) is 0 Å². The molecule has 2 aromatic carbocycles. The van der Waals surface area contributed by atoms with E-state index >= 15 is 0 Å². The van der Waals surface area contributed by atoms with Gasteiger partial charge in [-0.2, -0.15) is 0 Å². The lowest BCUT2D eigenvalue weighted by Crippen LogP contribution is -2.53. The summed E-state index contributed by atoms with van der Waals surface area (Å²) in [5.74, 6) is 3.38. The van der Waals surface area contributed by atoms with Crippen molar-refractivity contribution in [2.24, 2.45) is 11.8 Å². The minimum atomic E-state index is -0.705. The normalized spacial score (nSPS) is 26.3. The van der Waals surface area contributed by atoms with Crippen LogP contribution in [-0.2, 0) is 4.79 Å². The summed E-state index contributed by atoms with van der Waals surface area (Å²) in [6, 6.07) is 5.76. The average molecular weight is 483 g/mol. The summed E-state index contributed by atoms with van der Waals surface area (Å²) in [6.07, 6.45) is 0. The smallest absolute Gasteiger partial charge is 0.165 e. The highest BCUT2D eigenvalue weighted by atomic mass is 16.5. The molecule has 4 atom stereocenters. The lowest BCUT2D eigenvalue weighted by molar-refractivity contribution is -0.132. The van der Waals surface area contributed by atoms with E-state index in [4.69, 9.17) is 28.4 Å². The Morgan fingerprint density at radius 3 is 1.91 bits per heavy atom. The van der Waals surface area contributed by atoms with Crippen molar-refractivity contribution in [2.75, 3.05) is 28.4 Å². The number of Topliss-reactive ketones (excluding diaryl/α,β-unsaturated/α-hetero) is 1. The van der Waals surface area contributed by atoms with Gasteiger partial charge in [-0.25, -0.2) is 0 Å². The summed E-state index contributed by atoms with van der Waals surface area (Å²) in [5.41, 5.74) is 1.66. The van der Waals surface area contributed by atoms with Crippen molar-refractivity contribution in [2.45, 2.75) is 57.7 Å². The average Bonchev–Trinajstić information content (AvgIpc) is 3.14. The second kappa shape index (κ2) is 7.70. The van der Waals surface area contributed by atoms with E-state index in [2.05, 4.69) is 13.8 Å². The second-order valence-corrected chi connectivity index (χ2v) is 10.7. The van der Waals surface area contributed by atoms with Crippen LogP contribution in [0.15, 0.2) is 18.2 Å². The SMILES string of the molecule is COc1cc2c(cc1OC)[C@H]1c3c(OC)c(OC)cc4c3[C@@H]([C@H]1C(C)(C)O2)[C@H](C(C)=O)C(C)(C)O4. The molecule has 2 aliphatic heterocycles. The molecule has 0 spiro atoms. The Bertz CT molecular complexity index is 1210. The van der Waals surface area contributed by atoms with Crippen molar-refractivity contribution in [1.82, 2.24) is 0 Å². The van der Waals surface area contributed by atoms with E-state index in [0.717, 1.165) is 28.2 Å². The predicted molar refractivity (Wildman–Crippen MR) is 131 cm³/mol. The number of ketones is 1. The van der Waals surface area contributed by atoms with Gasteiger partial charge in [0, 0.05) is 46.6 Å². The first-order valence-electron chi connectivity index (χ1n) is 11.9. The van der Waals surface area contributed by atoms with Crippen molar-refractivity contribution in [3.63, 3.8) is 0 Å². The molecule has 0 fully saturated rings. The van der Waals surface area contributed by atoms with E-state index in [1.807, 2.05) is 32.0 Å². The molecule has 0 radical (unpaired) electrons. The van der Waals surface area contributed by atoms with E-state index in [0.29, 0.717) is 23.0 Å². The first kappa shape index (κ1) is 23.6. The van der Waals surface area contributed by atoms with Crippen molar-refractivity contribution >= 4 is 5.78 Å². The molecule has 2 heterocycles. The highest BCUT2D eigenvalue weighted by molar-refractivity contribution is 5.83. The van der Waals surface area contributed by atoms with E-state index in [1.54, 1.807) is 35.4 Å². The Morgan fingerprint density at radius 2 is 1.34 bits per heavy atom. The Labute approximate surface area is 206 Å². The van der Waals surface area contributed by atoms with Crippen molar-refractivity contribution in [3.8, 4) is 34.5 Å². The van der Waals surface area contributed by atoms with Crippen LogP contribution in [0.5, 0.6) is 34.5 Å². The number of benzene rings is 2. The molecule has 188 valence electrons. The Morgan fingerprint density at radius 1 is 0.771 bits per heavy atom. The lowest BCUT2D eigenvalue weighted by Gasteiger charge is -2.49. The van der Waals surface area contributed by atoms with Gasteiger partial charge in [0.05, 0.1) is 34.4 Å². The van der Waals surface area contributed by atoms with Crippen LogP contribution in [-0.4, -0.2) is 45.4 Å². The van der Waals surface area contributed by atoms with Gasteiger partial charge in [-0.3, -0.25) is 4.79 Å². The fourth-order valence-corrected chi connectivity index (χ4v) is 6.95. The number of methoxy groups -OCH3 is 4. The van der Waals surface area contributed by atoms with Gasteiger partial charge in [-0.05, 0) is 40.7 Å². The number of rotatable bonds is 5. The summed E-state index contributed by atoms with van der Waals surface area (Å²) in [7, 11) is 6.52. The topological polar surface area (TPSA) is 72.5 Å². The third-order valence-electron chi connectivity index (χ3n) is 8.05. The number of ether oxygens (including phenoxy) is 6. The molecule has 7 nitrogen and oxygen atoms in total. The first-order valence-corrected chi connectivity index (χ1v) is 11.9. The van der Waals surface area contributed by atoms with Gasteiger partial charge in [-0.15, -0.1) is 0 Å². The molecule has 0 N–H and O–H groups in total. The Kier molecular flexibility index (Phi) is 5.20. The summed E-state index contributed by atoms with van der Waals surface area (Å²) in [4.78, 5) is 13.2. The Hall–Kier alpha value is -3.09. The van der Waals surface area contributed by atoms with E-state index < -0.39 is 11.2 Å². The van der Waals surface area contributed by atoms with Gasteiger partial charge in [-0.1, -0.05) is 0 Å². The van der Waals surface area contributed by atoms with Crippen LogP contribution in [0, 0.1) is 11.8 Å². The molecule has 0 amide bonds. The molecular weight excluding hydrogens is 448 g/mol. The fraction of sp³-hybridized carbons (Fsp3) is 0.536. The number of carbonyl (C=O) groups excluding carboxylic acids is 1. The summed E-state index contributed by atoms with van der Waals surface area (Å²) in [6.45, 7) is 9.83. The zero-order valence-corrected chi connectivity index (χ0v) is 21.9. The molecule has 0 aromatic heterocycles. The zero-order valence-electron chi connectivity index (χ0n) is 21.9.